The number of aliphatic hydroxyl groups is 1. The van der Waals surface area contributed by atoms with Crippen LogP contribution in [0.25, 0.3) is 0 Å². The van der Waals surface area contributed by atoms with Crippen LogP contribution >= 0.6 is 0 Å². The third-order valence-electron chi connectivity index (χ3n) is 3.15. The summed E-state index contributed by atoms with van der Waals surface area (Å²) in [5, 5.41) is 18.0. The van der Waals surface area contributed by atoms with Crippen LogP contribution < -0.4 is 0 Å². The van der Waals surface area contributed by atoms with E-state index in [1.165, 1.54) is 4.90 Å². The highest BCUT2D eigenvalue weighted by Crippen LogP contribution is 2.19. The molecule has 2 rings (SSSR count). The molecule has 0 spiro atoms. The van der Waals surface area contributed by atoms with Crippen molar-refractivity contribution in [2.24, 2.45) is 0 Å². The van der Waals surface area contributed by atoms with Crippen LogP contribution in [0.15, 0.2) is 12.1 Å². The van der Waals surface area contributed by atoms with Gasteiger partial charge in [-0.3, -0.25) is 4.79 Å². The molecule has 1 aliphatic rings. The van der Waals surface area contributed by atoms with Crippen molar-refractivity contribution in [3.63, 3.8) is 0 Å². The average Bonchev–Trinajstić information content (AvgIpc) is 2.48. The Hall–Kier alpha value is -2.06. The summed E-state index contributed by atoms with van der Waals surface area (Å²) in [6, 6.07) is 1.05. The third-order valence-corrected chi connectivity index (χ3v) is 3.15. The second-order valence-electron chi connectivity index (χ2n) is 4.54. The fourth-order valence-corrected chi connectivity index (χ4v) is 2.09. The van der Waals surface area contributed by atoms with E-state index in [0.29, 0.717) is 12.1 Å². The van der Waals surface area contributed by atoms with Crippen molar-refractivity contribution < 1.29 is 33.3 Å². The second kappa shape index (κ2) is 6.15. The van der Waals surface area contributed by atoms with Crippen LogP contribution in [0.5, 0.6) is 0 Å². The lowest BCUT2D eigenvalue weighted by molar-refractivity contribution is -0.0447. The Morgan fingerprint density at radius 3 is 2.48 bits per heavy atom. The third kappa shape index (κ3) is 3.17. The average molecular weight is 301 g/mol. The number of aliphatic hydroxyl groups excluding tert-OH is 1. The van der Waals surface area contributed by atoms with E-state index in [1.807, 2.05) is 0 Å². The van der Waals surface area contributed by atoms with E-state index in [-0.39, 0.29) is 26.3 Å². The normalized spacial score (nSPS) is 18.6. The van der Waals surface area contributed by atoms with Crippen molar-refractivity contribution in [3.05, 3.63) is 34.9 Å². The summed E-state index contributed by atoms with van der Waals surface area (Å²) < 4.78 is 31.6. The second-order valence-corrected chi connectivity index (χ2v) is 4.54. The van der Waals surface area contributed by atoms with Crippen molar-refractivity contribution in [2.45, 2.75) is 6.10 Å². The van der Waals surface area contributed by atoms with Gasteiger partial charge in [-0.2, -0.15) is 0 Å². The maximum Gasteiger partial charge on any atom is 0.336 e. The van der Waals surface area contributed by atoms with E-state index in [2.05, 4.69) is 0 Å². The molecule has 114 valence electrons. The highest BCUT2D eigenvalue weighted by molar-refractivity contribution is 6.04. The van der Waals surface area contributed by atoms with Gasteiger partial charge in [-0.05, 0) is 12.1 Å². The Labute approximate surface area is 118 Å². The maximum atomic E-state index is 13.3. The van der Waals surface area contributed by atoms with Gasteiger partial charge in [0.15, 0.2) is 11.6 Å². The molecule has 0 saturated carbocycles. The zero-order valence-electron chi connectivity index (χ0n) is 10.9. The molecular weight excluding hydrogens is 288 g/mol. The van der Waals surface area contributed by atoms with Crippen molar-refractivity contribution in [1.29, 1.82) is 0 Å². The van der Waals surface area contributed by atoms with Gasteiger partial charge in [0.2, 0.25) is 0 Å². The molecule has 0 bridgehead atoms. The fraction of sp³-hybridized carbons (Fsp3) is 0.385. The van der Waals surface area contributed by atoms with Crippen LogP contribution in [0.1, 0.15) is 20.7 Å². The molecular formula is C13H13F2NO5. The van der Waals surface area contributed by atoms with Gasteiger partial charge >= 0.3 is 5.97 Å². The first-order valence-electron chi connectivity index (χ1n) is 6.18. The number of benzene rings is 1. The van der Waals surface area contributed by atoms with Gasteiger partial charge in [0, 0.05) is 13.1 Å². The lowest BCUT2D eigenvalue weighted by Crippen LogP contribution is -2.47. The molecule has 1 aromatic rings. The van der Waals surface area contributed by atoms with Gasteiger partial charge in [-0.1, -0.05) is 0 Å². The van der Waals surface area contributed by atoms with Gasteiger partial charge < -0.3 is 19.8 Å². The van der Waals surface area contributed by atoms with Crippen LogP contribution in [0.2, 0.25) is 0 Å². The number of morpholine rings is 1. The van der Waals surface area contributed by atoms with E-state index in [4.69, 9.17) is 14.9 Å². The number of carbonyl (C=O) groups excluding carboxylic acids is 1. The summed E-state index contributed by atoms with van der Waals surface area (Å²) in [6.07, 6.45) is -0.582. The van der Waals surface area contributed by atoms with Gasteiger partial charge in [0.1, 0.15) is 0 Å². The maximum absolute atomic E-state index is 13.3. The van der Waals surface area contributed by atoms with Crippen molar-refractivity contribution in [1.82, 2.24) is 4.90 Å². The minimum atomic E-state index is -1.52. The molecule has 0 aromatic heterocycles. The molecule has 0 aliphatic carbocycles. The van der Waals surface area contributed by atoms with Crippen LogP contribution in [0.4, 0.5) is 8.78 Å². The van der Waals surface area contributed by atoms with Gasteiger partial charge in [0.05, 0.1) is 30.4 Å². The number of rotatable bonds is 3. The van der Waals surface area contributed by atoms with Crippen molar-refractivity contribution in [2.75, 3.05) is 26.3 Å². The van der Waals surface area contributed by atoms with Crippen molar-refractivity contribution >= 4 is 11.9 Å². The molecule has 0 radical (unpaired) electrons. The summed E-state index contributed by atoms with van der Waals surface area (Å²) >= 11 is 0. The Morgan fingerprint density at radius 2 is 1.90 bits per heavy atom. The van der Waals surface area contributed by atoms with E-state index in [0.717, 1.165) is 0 Å². The number of halogens is 2. The predicted molar refractivity (Wildman–Crippen MR) is 66.0 cm³/mol. The first-order chi connectivity index (χ1) is 9.93. The molecule has 21 heavy (non-hydrogen) atoms. The number of nitrogens with zero attached hydrogens (tertiary/aromatic N) is 1. The summed E-state index contributed by atoms with van der Waals surface area (Å²) in [4.78, 5) is 24.6. The zero-order valence-corrected chi connectivity index (χ0v) is 10.9. The number of carboxylic acids is 1. The van der Waals surface area contributed by atoms with E-state index >= 15 is 0 Å². The Balaban J connectivity index is 2.34. The van der Waals surface area contributed by atoms with E-state index < -0.39 is 40.7 Å². The molecule has 1 heterocycles. The number of hydrogen-bond acceptors (Lipinski definition) is 4. The van der Waals surface area contributed by atoms with Gasteiger partial charge in [0.25, 0.3) is 5.91 Å². The first kappa shape index (κ1) is 15.3. The van der Waals surface area contributed by atoms with Crippen LogP contribution in [-0.4, -0.2) is 59.4 Å². The number of aromatic carboxylic acids is 1. The monoisotopic (exact) mass is 301 g/mol. The van der Waals surface area contributed by atoms with E-state index in [1.54, 1.807) is 0 Å². The highest BCUT2D eigenvalue weighted by Gasteiger charge is 2.28. The quantitative estimate of drug-likeness (QED) is 0.849. The standard InChI is InChI=1S/C13H13F2NO5/c14-10-3-8(9(13(19)20)4-11(10)15)12(18)16-1-2-21-7(5-16)6-17/h3-4,7,17H,1-2,5-6H2,(H,19,20). The fourth-order valence-electron chi connectivity index (χ4n) is 2.09. The Kier molecular flexibility index (Phi) is 4.49. The lowest BCUT2D eigenvalue weighted by atomic mass is 10.0. The topological polar surface area (TPSA) is 87.1 Å². The molecule has 1 amide bonds. The summed E-state index contributed by atoms with van der Waals surface area (Å²) in [6.45, 7) is 0.0944. The summed E-state index contributed by atoms with van der Waals surface area (Å²) in [7, 11) is 0. The van der Waals surface area contributed by atoms with Crippen LogP contribution in [-0.2, 0) is 4.74 Å². The number of carboxylic acid groups (broad SMARTS) is 1. The van der Waals surface area contributed by atoms with E-state index in [9.17, 15) is 18.4 Å². The molecule has 1 saturated heterocycles. The smallest absolute Gasteiger partial charge is 0.336 e. The molecule has 6 nitrogen and oxygen atoms in total. The number of carbonyl (C=O) groups is 2. The molecule has 8 heteroatoms. The summed E-state index contributed by atoms with van der Waals surface area (Å²) in [5.41, 5.74) is -1.04. The predicted octanol–water partition coefficient (Wildman–Crippen LogP) is 0.496. The minimum Gasteiger partial charge on any atom is -0.478 e. The highest BCUT2D eigenvalue weighted by atomic mass is 19.2. The largest absolute Gasteiger partial charge is 0.478 e. The lowest BCUT2D eigenvalue weighted by Gasteiger charge is -2.32. The number of ether oxygens (including phenoxy) is 1. The van der Waals surface area contributed by atoms with Crippen LogP contribution in [0.3, 0.4) is 0 Å². The van der Waals surface area contributed by atoms with Gasteiger partial charge in [-0.25, -0.2) is 13.6 Å². The minimum absolute atomic E-state index is 0.0490. The Bertz CT molecular complexity index is 578. The first-order valence-corrected chi connectivity index (χ1v) is 6.18. The Morgan fingerprint density at radius 1 is 1.29 bits per heavy atom. The molecule has 1 aromatic carbocycles. The molecule has 1 fully saturated rings. The molecule has 1 unspecified atom stereocenters. The SMILES string of the molecule is O=C(O)c1cc(F)c(F)cc1C(=O)N1CCOC(CO)C1. The van der Waals surface area contributed by atoms with Crippen LogP contribution in [0, 0.1) is 11.6 Å². The summed E-state index contributed by atoms with van der Waals surface area (Å²) in [5.74, 6) is -4.90. The zero-order chi connectivity index (χ0) is 15.6. The van der Waals surface area contributed by atoms with Gasteiger partial charge in [-0.15, -0.1) is 0 Å². The molecule has 1 atom stereocenters. The molecule has 2 N–H and O–H groups in total. The number of amides is 1. The number of hydrogen-bond donors (Lipinski definition) is 2. The van der Waals surface area contributed by atoms with Crippen molar-refractivity contribution in [3.8, 4) is 0 Å². The molecule has 1 aliphatic heterocycles.